The standard InChI is InChI=1S/C15H13FN2S2/c16-10-3-1-5-12-14(10)17-15(19)18(12)11-4-2-6-13-9(11)7-8-20-13/h1,3,5,7-8,11H,2,4,6H2,(H,17,19). The number of halogens is 1. The second-order valence-corrected chi connectivity index (χ2v) is 6.53. The van der Waals surface area contributed by atoms with Crippen LogP contribution in [0.15, 0.2) is 29.6 Å². The maximum atomic E-state index is 13.9. The molecule has 0 spiro atoms. The Morgan fingerprint density at radius 3 is 3.15 bits per heavy atom. The number of nitrogens with zero attached hydrogens (tertiary/aromatic N) is 1. The van der Waals surface area contributed by atoms with Gasteiger partial charge in [-0.25, -0.2) is 4.39 Å². The van der Waals surface area contributed by atoms with Gasteiger partial charge in [0.05, 0.1) is 11.6 Å². The first-order valence-corrected chi connectivity index (χ1v) is 7.99. The number of nitrogens with one attached hydrogen (secondary N) is 1. The number of para-hydroxylation sites is 1. The molecule has 1 aliphatic rings. The van der Waals surface area contributed by atoms with E-state index in [0.717, 1.165) is 24.8 Å². The number of aromatic nitrogens is 2. The van der Waals surface area contributed by atoms with Crippen molar-refractivity contribution in [3.05, 3.63) is 50.7 Å². The van der Waals surface area contributed by atoms with Gasteiger partial charge >= 0.3 is 0 Å². The molecule has 20 heavy (non-hydrogen) atoms. The molecule has 1 aromatic carbocycles. The number of hydrogen-bond donors (Lipinski definition) is 1. The third kappa shape index (κ3) is 1.70. The summed E-state index contributed by atoms with van der Waals surface area (Å²) in [6, 6.07) is 7.56. The van der Waals surface area contributed by atoms with Gasteiger partial charge in [0.25, 0.3) is 0 Å². The molecule has 1 unspecified atom stereocenters. The molecule has 0 aliphatic heterocycles. The largest absolute Gasteiger partial charge is 0.328 e. The monoisotopic (exact) mass is 304 g/mol. The second kappa shape index (κ2) is 4.53. The molecular weight excluding hydrogens is 291 g/mol. The van der Waals surface area contributed by atoms with E-state index in [0.29, 0.717) is 10.3 Å². The Hall–Kier alpha value is -1.46. The van der Waals surface area contributed by atoms with Crippen LogP contribution < -0.4 is 0 Å². The summed E-state index contributed by atoms with van der Waals surface area (Å²) < 4.78 is 16.6. The molecule has 0 saturated heterocycles. The van der Waals surface area contributed by atoms with Crippen LogP contribution in [0.3, 0.4) is 0 Å². The van der Waals surface area contributed by atoms with Gasteiger partial charge in [-0.2, -0.15) is 0 Å². The van der Waals surface area contributed by atoms with Crippen LogP contribution in [-0.2, 0) is 6.42 Å². The maximum Gasteiger partial charge on any atom is 0.178 e. The lowest BCUT2D eigenvalue weighted by Gasteiger charge is -2.24. The highest BCUT2D eigenvalue weighted by Crippen LogP contribution is 2.37. The third-order valence-corrected chi connectivity index (χ3v) is 5.33. The van der Waals surface area contributed by atoms with Crippen LogP contribution in [0.1, 0.15) is 29.3 Å². The average Bonchev–Trinajstić information content (AvgIpc) is 3.03. The van der Waals surface area contributed by atoms with E-state index in [-0.39, 0.29) is 11.9 Å². The molecule has 2 aromatic heterocycles. The molecule has 0 bridgehead atoms. The van der Waals surface area contributed by atoms with Crippen molar-refractivity contribution in [2.45, 2.75) is 25.3 Å². The summed E-state index contributed by atoms with van der Waals surface area (Å²) in [5.74, 6) is -0.242. The zero-order chi connectivity index (χ0) is 13.7. The van der Waals surface area contributed by atoms with E-state index in [1.54, 1.807) is 6.07 Å². The fraction of sp³-hybridized carbons (Fsp3) is 0.267. The fourth-order valence-corrected chi connectivity index (χ4v) is 4.46. The number of thiophene rings is 1. The van der Waals surface area contributed by atoms with Gasteiger partial charge in [-0.05, 0) is 60.6 Å². The molecule has 5 heteroatoms. The van der Waals surface area contributed by atoms with E-state index < -0.39 is 0 Å². The van der Waals surface area contributed by atoms with E-state index in [1.807, 2.05) is 17.4 Å². The Morgan fingerprint density at radius 1 is 1.35 bits per heavy atom. The van der Waals surface area contributed by atoms with E-state index in [4.69, 9.17) is 12.2 Å². The number of hydrogen-bond acceptors (Lipinski definition) is 2. The maximum absolute atomic E-state index is 13.9. The Balaban J connectivity index is 1.99. The van der Waals surface area contributed by atoms with Crippen LogP contribution in [0.2, 0.25) is 0 Å². The molecule has 4 rings (SSSR count). The van der Waals surface area contributed by atoms with Gasteiger partial charge in [0.2, 0.25) is 0 Å². The summed E-state index contributed by atoms with van der Waals surface area (Å²) >= 11 is 7.25. The summed E-state index contributed by atoms with van der Waals surface area (Å²) in [5.41, 5.74) is 2.72. The van der Waals surface area contributed by atoms with Crippen LogP contribution in [0.5, 0.6) is 0 Å². The number of benzene rings is 1. The highest BCUT2D eigenvalue weighted by Gasteiger charge is 2.25. The molecule has 1 N–H and O–H groups in total. The predicted octanol–water partition coefficient (Wildman–Crippen LogP) is 4.83. The number of rotatable bonds is 1. The van der Waals surface area contributed by atoms with Crippen molar-refractivity contribution in [1.82, 2.24) is 9.55 Å². The smallest absolute Gasteiger partial charge is 0.178 e. The minimum atomic E-state index is -0.242. The lowest BCUT2D eigenvalue weighted by Crippen LogP contribution is -2.15. The SMILES string of the molecule is Fc1cccc2c1[nH]c(=S)n2C1CCCc2sccc21. The van der Waals surface area contributed by atoms with Gasteiger partial charge in [-0.15, -0.1) is 11.3 Å². The summed E-state index contributed by atoms with van der Waals surface area (Å²) in [6.45, 7) is 0. The van der Waals surface area contributed by atoms with Gasteiger partial charge in [-0.1, -0.05) is 6.07 Å². The van der Waals surface area contributed by atoms with Crippen molar-refractivity contribution >= 4 is 34.6 Å². The highest BCUT2D eigenvalue weighted by molar-refractivity contribution is 7.71. The van der Waals surface area contributed by atoms with Gasteiger partial charge in [0.15, 0.2) is 4.77 Å². The minimum absolute atomic E-state index is 0.230. The van der Waals surface area contributed by atoms with Crippen LogP contribution in [-0.4, -0.2) is 9.55 Å². The molecule has 3 aromatic rings. The quantitative estimate of drug-likeness (QED) is 0.639. The van der Waals surface area contributed by atoms with Crippen molar-refractivity contribution in [3.63, 3.8) is 0 Å². The first-order chi connectivity index (χ1) is 9.75. The number of aromatic amines is 1. The molecule has 1 atom stereocenters. The number of H-pyrrole nitrogens is 1. The average molecular weight is 304 g/mol. The zero-order valence-electron chi connectivity index (χ0n) is 10.7. The van der Waals surface area contributed by atoms with E-state index in [2.05, 4.69) is 21.0 Å². The van der Waals surface area contributed by atoms with Crippen LogP contribution in [0, 0.1) is 10.6 Å². The summed E-state index contributed by atoms with van der Waals surface area (Å²) in [6.07, 6.45) is 3.36. The topological polar surface area (TPSA) is 20.7 Å². The van der Waals surface area contributed by atoms with Gasteiger partial charge in [0.1, 0.15) is 11.3 Å². The number of imidazole rings is 1. The van der Waals surface area contributed by atoms with Gasteiger partial charge in [-0.3, -0.25) is 0 Å². The van der Waals surface area contributed by atoms with Crippen molar-refractivity contribution in [1.29, 1.82) is 0 Å². The van der Waals surface area contributed by atoms with E-state index in [9.17, 15) is 4.39 Å². The molecule has 0 fully saturated rings. The van der Waals surface area contributed by atoms with Crippen LogP contribution >= 0.6 is 23.6 Å². The summed E-state index contributed by atoms with van der Waals surface area (Å²) in [4.78, 5) is 4.46. The summed E-state index contributed by atoms with van der Waals surface area (Å²) in [5, 5.41) is 2.14. The van der Waals surface area contributed by atoms with Crippen molar-refractivity contribution in [3.8, 4) is 0 Å². The molecule has 0 radical (unpaired) electrons. The van der Waals surface area contributed by atoms with Gasteiger partial charge < -0.3 is 9.55 Å². The molecule has 0 amide bonds. The van der Waals surface area contributed by atoms with Crippen molar-refractivity contribution in [2.24, 2.45) is 0 Å². The predicted molar refractivity (Wildman–Crippen MR) is 82.5 cm³/mol. The van der Waals surface area contributed by atoms with E-state index >= 15 is 0 Å². The Morgan fingerprint density at radius 2 is 2.25 bits per heavy atom. The van der Waals surface area contributed by atoms with Crippen molar-refractivity contribution in [2.75, 3.05) is 0 Å². The molecular formula is C15H13FN2S2. The highest BCUT2D eigenvalue weighted by atomic mass is 32.1. The first kappa shape index (κ1) is 12.3. The zero-order valence-corrected chi connectivity index (χ0v) is 12.4. The molecule has 1 aliphatic carbocycles. The normalized spacial score (nSPS) is 18.4. The number of fused-ring (bicyclic) bond motifs is 2. The minimum Gasteiger partial charge on any atom is -0.328 e. The van der Waals surface area contributed by atoms with Crippen LogP contribution in [0.4, 0.5) is 4.39 Å². The Bertz CT molecular complexity index is 843. The third-order valence-electron chi connectivity index (χ3n) is 4.03. The Kier molecular flexibility index (Phi) is 2.79. The Labute approximate surface area is 124 Å². The fourth-order valence-electron chi connectivity index (χ4n) is 3.15. The molecule has 0 saturated carbocycles. The van der Waals surface area contributed by atoms with Crippen LogP contribution in [0.25, 0.3) is 11.0 Å². The number of aryl methyl sites for hydroxylation is 1. The lowest BCUT2D eigenvalue weighted by molar-refractivity contribution is 0.500. The molecule has 2 heterocycles. The summed E-state index contributed by atoms with van der Waals surface area (Å²) in [7, 11) is 0. The van der Waals surface area contributed by atoms with Crippen molar-refractivity contribution < 1.29 is 4.39 Å². The molecule has 2 nitrogen and oxygen atoms in total. The first-order valence-electron chi connectivity index (χ1n) is 6.70. The lowest BCUT2D eigenvalue weighted by atomic mass is 9.94. The second-order valence-electron chi connectivity index (χ2n) is 5.14. The van der Waals surface area contributed by atoms with E-state index in [1.165, 1.54) is 16.5 Å². The molecule has 102 valence electrons. The van der Waals surface area contributed by atoms with Gasteiger partial charge in [0, 0.05) is 4.88 Å².